The fourth-order valence-corrected chi connectivity index (χ4v) is 1.76. The van der Waals surface area contributed by atoms with Gasteiger partial charge in [0.25, 0.3) is 0 Å². The van der Waals surface area contributed by atoms with E-state index in [2.05, 4.69) is 5.10 Å². The van der Waals surface area contributed by atoms with Crippen LogP contribution in [0.2, 0.25) is 0 Å². The van der Waals surface area contributed by atoms with Gasteiger partial charge in [0.15, 0.2) is 6.29 Å². The molecule has 2 aromatic rings. The molecule has 1 saturated heterocycles. The van der Waals surface area contributed by atoms with Gasteiger partial charge in [-0.3, -0.25) is 0 Å². The molecule has 2 heterocycles. The molecule has 3 rings (SSSR count). The lowest BCUT2D eigenvalue weighted by Crippen LogP contribution is -1.99. The van der Waals surface area contributed by atoms with Gasteiger partial charge < -0.3 is 9.47 Å². The van der Waals surface area contributed by atoms with Crippen LogP contribution in [-0.4, -0.2) is 23.0 Å². The summed E-state index contributed by atoms with van der Waals surface area (Å²) in [7, 11) is 0. The van der Waals surface area contributed by atoms with Crippen LogP contribution >= 0.6 is 0 Å². The van der Waals surface area contributed by atoms with Crippen LogP contribution in [0.3, 0.4) is 0 Å². The van der Waals surface area contributed by atoms with Crippen LogP contribution in [0.4, 0.5) is 0 Å². The van der Waals surface area contributed by atoms with Crippen LogP contribution in [0.25, 0.3) is 5.69 Å². The first kappa shape index (κ1) is 9.57. The predicted molar refractivity (Wildman–Crippen MR) is 58.2 cm³/mol. The van der Waals surface area contributed by atoms with Gasteiger partial charge in [0, 0.05) is 18.0 Å². The Morgan fingerprint density at radius 2 is 1.88 bits per heavy atom. The molecule has 1 aromatic heterocycles. The third-order valence-electron chi connectivity index (χ3n) is 2.56. The molecule has 0 atom stereocenters. The summed E-state index contributed by atoms with van der Waals surface area (Å²) < 4.78 is 12.7. The van der Waals surface area contributed by atoms with E-state index in [-0.39, 0.29) is 6.29 Å². The van der Waals surface area contributed by atoms with Crippen molar-refractivity contribution in [3.8, 4) is 5.69 Å². The fraction of sp³-hybridized carbons (Fsp3) is 0.250. The number of rotatable bonds is 2. The first-order chi connectivity index (χ1) is 7.93. The minimum absolute atomic E-state index is 0.202. The van der Waals surface area contributed by atoms with Gasteiger partial charge in [-0.1, -0.05) is 12.1 Å². The van der Waals surface area contributed by atoms with Crippen molar-refractivity contribution >= 4 is 0 Å². The van der Waals surface area contributed by atoms with E-state index in [0.29, 0.717) is 13.2 Å². The second-order valence-electron chi connectivity index (χ2n) is 3.62. The van der Waals surface area contributed by atoms with Gasteiger partial charge in [-0.05, 0) is 18.2 Å². The summed E-state index contributed by atoms with van der Waals surface area (Å²) in [4.78, 5) is 0. The predicted octanol–water partition coefficient (Wildman–Crippen LogP) is 1.92. The summed E-state index contributed by atoms with van der Waals surface area (Å²) in [6.07, 6.45) is 3.47. The molecule has 0 unspecified atom stereocenters. The van der Waals surface area contributed by atoms with Crippen molar-refractivity contribution < 1.29 is 9.47 Å². The van der Waals surface area contributed by atoms with Gasteiger partial charge in [-0.2, -0.15) is 5.10 Å². The van der Waals surface area contributed by atoms with Gasteiger partial charge in [-0.25, -0.2) is 4.68 Å². The molecule has 0 amide bonds. The summed E-state index contributed by atoms with van der Waals surface area (Å²) in [5.41, 5.74) is 2.08. The highest BCUT2D eigenvalue weighted by molar-refractivity contribution is 5.34. The lowest BCUT2D eigenvalue weighted by atomic mass is 10.2. The van der Waals surface area contributed by atoms with E-state index in [4.69, 9.17) is 9.47 Å². The van der Waals surface area contributed by atoms with E-state index in [0.717, 1.165) is 11.3 Å². The Morgan fingerprint density at radius 1 is 1.12 bits per heavy atom. The maximum absolute atomic E-state index is 5.42. The molecule has 0 radical (unpaired) electrons. The lowest BCUT2D eigenvalue weighted by molar-refractivity contribution is -0.0441. The van der Waals surface area contributed by atoms with E-state index in [1.807, 2.05) is 41.2 Å². The Labute approximate surface area is 93.4 Å². The molecule has 0 spiro atoms. The van der Waals surface area contributed by atoms with Crippen LogP contribution in [0.15, 0.2) is 42.7 Å². The van der Waals surface area contributed by atoms with Gasteiger partial charge in [0.1, 0.15) is 0 Å². The summed E-state index contributed by atoms with van der Waals surface area (Å²) >= 11 is 0. The summed E-state index contributed by atoms with van der Waals surface area (Å²) in [5, 5.41) is 4.17. The van der Waals surface area contributed by atoms with Gasteiger partial charge in [0.2, 0.25) is 0 Å². The van der Waals surface area contributed by atoms with Crippen molar-refractivity contribution in [1.82, 2.24) is 9.78 Å². The van der Waals surface area contributed by atoms with Crippen LogP contribution in [0.5, 0.6) is 0 Å². The van der Waals surface area contributed by atoms with Gasteiger partial charge in [0.05, 0.1) is 18.9 Å². The molecule has 1 aromatic carbocycles. The van der Waals surface area contributed by atoms with Crippen molar-refractivity contribution in [3.05, 3.63) is 48.3 Å². The van der Waals surface area contributed by atoms with Crippen LogP contribution in [0, 0.1) is 0 Å². The molecule has 0 bridgehead atoms. The molecule has 0 aliphatic carbocycles. The van der Waals surface area contributed by atoms with Crippen molar-refractivity contribution in [2.45, 2.75) is 6.29 Å². The molecule has 4 nitrogen and oxygen atoms in total. The summed E-state index contributed by atoms with van der Waals surface area (Å²) in [6.45, 7) is 1.34. The van der Waals surface area contributed by atoms with Crippen LogP contribution in [-0.2, 0) is 9.47 Å². The van der Waals surface area contributed by atoms with Crippen LogP contribution < -0.4 is 0 Å². The number of nitrogens with zero attached hydrogens (tertiary/aromatic N) is 2. The number of benzene rings is 1. The molecule has 16 heavy (non-hydrogen) atoms. The maximum Gasteiger partial charge on any atom is 0.184 e. The summed E-state index contributed by atoms with van der Waals surface area (Å²) in [6, 6.07) is 9.93. The number of aromatic nitrogens is 2. The topological polar surface area (TPSA) is 36.3 Å². The van der Waals surface area contributed by atoms with Crippen LogP contribution in [0.1, 0.15) is 11.9 Å². The fourth-order valence-electron chi connectivity index (χ4n) is 1.76. The van der Waals surface area contributed by atoms with Crippen molar-refractivity contribution in [2.24, 2.45) is 0 Å². The van der Waals surface area contributed by atoms with E-state index in [9.17, 15) is 0 Å². The molecule has 4 heteroatoms. The Hall–Kier alpha value is -1.65. The van der Waals surface area contributed by atoms with Gasteiger partial charge >= 0.3 is 0 Å². The van der Waals surface area contributed by atoms with Crippen molar-refractivity contribution in [1.29, 1.82) is 0 Å². The first-order valence-electron chi connectivity index (χ1n) is 5.27. The molecular weight excluding hydrogens is 204 g/mol. The minimum Gasteiger partial charge on any atom is -0.346 e. The van der Waals surface area contributed by atoms with E-state index in [1.165, 1.54) is 0 Å². The third kappa shape index (κ3) is 1.73. The number of ether oxygens (including phenoxy) is 2. The quantitative estimate of drug-likeness (QED) is 0.769. The number of hydrogen-bond acceptors (Lipinski definition) is 3. The van der Waals surface area contributed by atoms with Crippen molar-refractivity contribution in [3.63, 3.8) is 0 Å². The maximum atomic E-state index is 5.42. The smallest absolute Gasteiger partial charge is 0.184 e. The second-order valence-corrected chi connectivity index (χ2v) is 3.62. The molecule has 0 N–H and O–H groups in total. The summed E-state index contributed by atoms with van der Waals surface area (Å²) in [5.74, 6) is 0. The lowest BCUT2D eigenvalue weighted by Gasteiger charge is -2.09. The standard InChI is InChI=1S/C12H12N2O2/c1-6-13-14(7-1)11-4-2-10(3-5-11)12-15-8-9-16-12/h1-7,12H,8-9H2. The average Bonchev–Trinajstić information content (AvgIpc) is 3.03. The Balaban J connectivity index is 1.84. The Kier molecular flexibility index (Phi) is 2.44. The SMILES string of the molecule is c1cnn(-c2ccc(C3OCCO3)cc2)c1. The monoisotopic (exact) mass is 216 g/mol. The second kappa shape index (κ2) is 4.08. The molecular formula is C12H12N2O2. The van der Waals surface area contributed by atoms with E-state index >= 15 is 0 Å². The van der Waals surface area contributed by atoms with E-state index in [1.54, 1.807) is 6.20 Å². The van der Waals surface area contributed by atoms with Crippen molar-refractivity contribution in [2.75, 3.05) is 13.2 Å². The first-order valence-corrected chi connectivity index (χ1v) is 5.27. The highest BCUT2D eigenvalue weighted by Crippen LogP contribution is 2.23. The molecule has 82 valence electrons. The largest absolute Gasteiger partial charge is 0.346 e. The zero-order chi connectivity index (χ0) is 10.8. The average molecular weight is 216 g/mol. The highest BCUT2D eigenvalue weighted by Gasteiger charge is 2.17. The zero-order valence-corrected chi connectivity index (χ0v) is 8.74. The molecule has 1 aliphatic rings. The zero-order valence-electron chi connectivity index (χ0n) is 8.74. The Morgan fingerprint density at radius 3 is 2.50 bits per heavy atom. The molecule has 1 fully saturated rings. The van der Waals surface area contributed by atoms with Gasteiger partial charge in [-0.15, -0.1) is 0 Å². The molecule has 1 aliphatic heterocycles. The highest BCUT2D eigenvalue weighted by atomic mass is 16.7. The molecule has 0 saturated carbocycles. The third-order valence-corrected chi connectivity index (χ3v) is 2.56. The normalized spacial score (nSPS) is 16.8. The number of hydrogen-bond donors (Lipinski definition) is 0. The van der Waals surface area contributed by atoms with E-state index < -0.39 is 0 Å². The Bertz CT molecular complexity index is 444. The minimum atomic E-state index is -0.202.